The standard InChI is InChI=1S/C17H28N6O2.HI/c1-12-20-21-15-5-4-13(11-23(12)15)10-19-17(18-2)22-8-6-14(7-9-22)16(24)25-3;/h13-14H,4-11H2,1-3H3,(H,18,19);1H. The summed E-state index contributed by atoms with van der Waals surface area (Å²) in [6.07, 6.45) is 3.74. The molecule has 0 aliphatic carbocycles. The molecule has 2 aliphatic rings. The Kier molecular flexibility index (Phi) is 7.66. The van der Waals surface area contributed by atoms with E-state index in [1.165, 1.54) is 7.11 Å². The minimum atomic E-state index is -0.0927. The Morgan fingerprint density at radius 2 is 2.04 bits per heavy atom. The maximum atomic E-state index is 11.7. The average molecular weight is 476 g/mol. The normalized spacial score (nSPS) is 21.0. The summed E-state index contributed by atoms with van der Waals surface area (Å²) in [7, 11) is 3.28. The van der Waals surface area contributed by atoms with E-state index in [4.69, 9.17) is 4.74 Å². The minimum absolute atomic E-state index is 0. The van der Waals surface area contributed by atoms with Crippen LogP contribution in [0.25, 0.3) is 0 Å². The zero-order valence-electron chi connectivity index (χ0n) is 15.8. The van der Waals surface area contributed by atoms with Gasteiger partial charge in [0, 0.05) is 39.6 Å². The molecule has 0 amide bonds. The van der Waals surface area contributed by atoms with Crippen molar-refractivity contribution in [2.75, 3.05) is 33.8 Å². The number of likely N-dealkylation sites (tertiary alicyclic amines) is 1. The molecule has 0 radical (unpaired) electrons. The van der Waals surface area contributed by atoms with Crippen LogP contribution in [0, 0.1) is 18.8 Å². The van der Waals surface area contributed by atoms with Gasteiger partial charge < -0.3 is 19.5 Å². The predicted molar refractivity (Wildman–Crippen MR) is 110 cm³/mol. The van der Waals surface area contributed by atoms with Gasteiger partial charge >= 0.3 is 5.97 Å². The maximum absolute atomic E-state index is 11.7. The number of fused-ring (bicyclic) bond motifs is 1. The smallest absolute Gasteiger partial charge is 0.308 e. The predicted octanol–water partition coefficient (Wildman–Crippen LogP) is 1.23. The summed E-state index contributed by atoms with van der Waals surface area (Å²) in [5.41, 5.74) is 0. The van der Waals surface area contributed by atoms with Gasteiger partial charge in [-0.25, -0.2) is 0 Å². The quantitative estimate of drug-likeness (QED) is 0.306. The van der Waals surface area contributed by atoms with Gasteiger partial charge in [0.15, 0.2) is 5.96 Å². The second-order valence-corrected chi connectivity index (χ2v) is 6.89. The molecule has 1 saturated heterocycles. The first-order valence-electron chi connectivity index (χ1n) is 9.04. The van der Waals surface area contributed by atoms with Crippen molar-refractivity contribution in [1.82, 2.24) is 25.0 Å². The molecule has 2 aliphatic heterocycles. The van der Waals surface area contributed by atoms with E-state index in [1.54, 1.807) is 0 Å². The van der Waals surface area contributed by atoms with Crippen molar-refractivity contribution < 1.29 is 9.53 Å². The number of rotatable bonds is 3. The third-order valence-corrected chi connectivity index (χ3v) is 5.32. The van der Waals surface area contributed by atoms with Gasteiger partial charge in [-0.2, -0.15) is 0 Å². The van der Waals surface area contributed by atoms with Crippen LogP contribution in [-0.4, -0.2) is 65.4 Å². The first-order valence-corrected chi connectivity index (χ1v) is 9.04. The van der Waals surface area contributed by atoms with Crippen LogP contribution < -0.4 is 5.32 Å². The highest BCUT2D eigenvalue weighted by Gasteiger charge is 2.27. The van der Waals surface area contributed by atoms with E-state index >= 15 is 0 Å². The summed E-state index contributed by atoms with van der Waals surface area (Å²) in [6.45, 7) is 5.53. The molecule has 1 N–H and O–H groups in total. The minimum Gasteiger partial charge on any atom is -0.469 e. The maximum Gasteiger partial charge on any atom is 0.308 e. The van der Waals surface area contributed by atoms with Crippen LogP contribution >= 0.6 is 24.0 Å². The number of halogens is 1. The molecule has 0 bridgehead atoms. The molecule has 8 nitrogen and oxygen atoms in total. The largest absolute Gasteiger partial charge is 0.469 e. The Bertz CT molecular complexity index is 639. The fourth-order valence-electron chi connectivity index (χ4n) is 3.76. The van der Waals surface area contributed by atoms with Crippen LogP contribution in [-0.2, 0) is 22.5 Å². The summed E-state index contributed by atoms with van der Waals surface area (Å²) in [6, 6.07) is 0. The number of nitrogens with one attached hydrogen (secondary N) is 1. The molecule has 3 heterocycles. The third-order valence-electron chi connectivity index (χ3n) is 5.32. The molecule has 1 atom stereocenters. The topological polar surface area (TPSA) is 84.6 Å². The van der Waals surface area contributed by atoms with Gasteiger partial charge in [0.1, 0.15) is 11.6 Å². The lowest BCUT2D eigenvalue weighted by atomic mass is 9.97. The van der Waals surface area contributed by atoms with Crippen LogP contribution in [0.2, 0.25) is 0 Å². The highest BCUT2D eigenvalue weighted by molar-refractivity contribution is 14.0. The molecule has 9 heteroatoms. The Labute approximate surface area is 171 Å². The number of aromatic nitrogens is 3. The number of hydrogen-bond acceptors (Lipinski definition) is 5. The number of aliphatic imine (C=N–C) groups is 1. The van der Waals surface area contributed by atoms with E-state index < -0.39 is 0 Å². The number of hydrogen-bond donors (Lipinski definition) is 1. The first kappa shape index (κ1) is 20.9. The van der Waals surface area contributed by atoms with Gasteiger partial charge in [-0.05, 0) is 32.1 Å². The molecule has 3 rings (SSSR count). The van der Waals surface area contributed by atoms with Gasteiger partial charge in [-0.15, -0.1) is 34.2 Å². The van der Waals surface area contributed by atoms with Crippen molar-refractivity contribution in [1.29, 1.82) is 0 Å². The summed E-state index contributed by atoms with van der Waals surface area (Å²) in [5.74, 6) is 3.50. The second-order valence-electron chi connectivity index (χ2n) is 6.89. The Morgan fingerprint density at radius 3 is 2.69 bits per heavy atom. The summed E-state index contributed by atoms with van der Waals surface area (Å²) in [4.78, 5) is 18.3. The Morgan fingerprint density at radius 1 is 1.31 bits per heavy atom. The van der Waals surface area contributed by atoms with Gasteiger partial charge in [-0.3, -0.25) is 9.79 Å². The number of nitrogens with zero attached hydrogens (tertiary/aromatic N) is 5. The van der Waals surface area contributed by atoms with Crippen molar-refractivity contribution >= 4 is 35.9 Å². The van der Waals surface area contributed by atoms with E-state index in [1.807, 2.05) is 14.0 Å². The Balaban J connectivity index is 0.00000243. The summed E-state index contributed by atoms with van der Waals surface area (Å²) >= 11 is 0. The molecule has 1 aromatic rings. The van der Waals surface area contributed by atoms with E-state index in [0.29, 0.717) is 5.92 Å². The monoisotopic (exact) mass is 476 g/mol. The van der Waals surface area contributed by atoms with E-state index in [2.05, 4.69) is 30.0 Å². The number of carbonyl (C=O) groups excluding carboxylic acids is 1. The van der Waals surface area contributed by atoms with Gasteiger partial charge in [0.05, 0.1) is 13.0 Å². The lowest BCUT2D eigenvalue weighted by Gasteiger charge is -2.34. The highest BCUT2D eigenvalue weighted by atomic mass is 127. The van der Waals surface area contributed by atoms with Gasteiger partial charge in [-0.1, -0.05) is 0 Å². The van der Waals surface area contributed by atoms with Crippen LogP contribution in [0.5, 0.6) is 0 Å². The third kappa shape index (κ3) is 4.66. The number of carbonyl (C=O) groups is 1. The average Bonchev–Trinajstić information content (AvgIpc) is 3.02. The van der Waals surface area contributed by atoms with Gasteiger partial charge in [0.2, 0.25) is 0 Å². The molecule has 1 aromatic heterocycles. The van der Waals surface area contributed by atoms with Crippen molar-refractivity contribution in [3.63, 3.8) is 0 Å². The van der Waals surface area contributed by atoms with Crippen molar-refractivity contribution in [2.24, 2.45) is 16.8 Å². The lowest BCUT2D eigenvalue weighted by molar-refractivity contribution is -0.146. The summed E-state index contributed by atoms with van der Waals surface area (Å²) in [5, 5.41) is 11.9. The highest BCUT2D eigenvalue weighted by Crippen LogP contribution is 2.20. The van der Waals surface area contributed by atoms with Crippen molar-refractivity contribution in [2.45, 2.75) is 39.2 Å². The van der Waals surface area contributed by atoms with Gasteiger partial charge in [0.25, 0.3) is 0 Å². The molecule has 0 spiro atoms. The van der Waals surface area contributed by atoms with Crippen LogP contribution in [0.4, 0.5) is 0 Å². The molecular weight excluding hydrogens is 447 g/mol. The fourth-order valence-corrected chi connectivity index (χ4v) is 3.76. The zero-order valence-corrected chi connectivity index (χ0v) is 18.1. The van der Waals surface area contributed by atoms with Crippen LogP contribution in [0.1, 0.15) is 30.9 Å². The number of ether oxygens (including phenoxy) is 1. The van der Waals surface area contributed by atoms with E-state index in [-0.39, 0.29) is 35.9 Å². The fraction of sp³-hybridized carbons (Fsp3) is 0.765. The number of methoxy groups -OCH3 is 1. The molecule has 1 unspecified atom stereocenters. The molecule has 0 aromatic carbocycles. The number of piperidine rings is 1. The number of guanidine groups is 1. The van der Waals surface area contributed by atoms with Crippen LogP contribution in [0.15, 0.2) is 4.99 Å². The van der Waals surface area contributed by atoms with Crippen LogP contribution in [0.3, 0.4) is 0 Å². The molecule has 0 saturated carbocycles. The summed E-state index contributed by atoms with van der Waals surface area (Å²) < 4.78 is 7.08. The van der Waals surface area contributed by atoms with Crippen molar-refractivity contribution in [3.05, 3.63) is 11.6 Å². The molecule has 146 valence electrons. The van der Waals surface area contributed by atoms with E-state index in [0.717, 1.165) is 69.5 Å². The second kappa shape index (κ2) is 9.52. The molecular formula is C17H29IN6O2. The zero-order chi connectivity index (χ0) is 17.8. The Hall–Kier alpha value is -1.39. The molecule has 26 heavy (non-hydrogen) atoms. The van der Waals surface area contributed by atoms with E-state index in [9.17, 15) is 4.79 Å². The lowest BCUT2D eigenvalue weighted by Crippen LogP contribution is -2.48. The molecule has 1 fully saturated rings. The van der Waals surface area contributed by atoms with Crippen molar-refractivity contribution in [3.8, 4) is 0 Å². The first-order chi connectivity index (χ1) is 12.1. The number of esters is 1. The number of aryl methyl sites for hydroxylation is 2. The SMILES string of the molecule is CN=C(NCC1CCc2nnc(C)n2C1)N1CCC(C(=O)OC)CC1.I.